The molecule has 144 valence electrons. The minimum Gasteiger partial charge on any atom is -0.493 e. The zero-order chi connectivity index (χ0) is 19.6. The fraction of sp³-hybridized carbons (Fsp3) is 0.300. The van der Waals surface area contributed by atoms with Crippen LogP contribution in [0.15, 0.2) is 42.5 Å². The fourth-order valence-corrected chi connectivity index (χ4v) is 2.39. The number of rotatable bonds is 9. The normalized spacial score (nSPS) is 10.2. The number of carbonyl (C=O) groups excluding carboxylic acids is 2. The second-order valence-corrected chi connectivity index (χ2v) is 6.25. The van der Waals surface area contributed by atoms with Crippen LogP contribution in [0.25, 0.3) is 0 Å². The first kappa shape index (κ1) is 20.6. The molecule has 0 aromatic heterocycles. The lowest BCUT2D eigenvalue weighted by Crippen LogP contribution is -2.37. The summed E-state index contributed by atoms with van der Waals surface area (Å²) in [5.41, 5.74) is 1.34. The lowest BCUT2D eigenvalue weighted by molar-refractivity contribution is -0.120. The molecule has 0 spiro atoms. The summed E-state index contributed by atoms with van der Waals surface area (Å²) in [6.45, 7) is 2.82. The highest BCUT2D eigenvalue weighted by Crippen LogP contribution is 2.29. The fourth-order valence-electron chi connectivity index (χ4n) is 2.26. The summed E-state index contributed by atoms with van der Waals surface area (Å²) in [5, 5.41) is 5.94. The van der Waals surface area contributed by atoms with Gasteiger partial charge < -0.3 is 20.1 Å². The average Bonchev–Trinajstić information content (AvgIpc) is 2.69. The third-order valence-electron chi connectivity index (χ3n) is 3.72. The van der Waals surface area contributed by atoms with Gasteiger partial charge in [0.05, 0.1) is 13.7 Å². The number of ether oxygens (including phenoxy) is 2. The second-order valence-electron chi connectivity index (χ2n) is 5.81. The maximum atomic E-state index is 12.2. The van der Waals surface area contributed by atoms with Crippen molar-refractivity contribution < 1.29 is 19.1 Å². The zero-order valence-electron chi connectivity index (χ0n) is 15.4. The van der Waals surface area contributed by atoms with Crippen molar-refractivity contribution in [3.8, 4) is 11.5 Å². The second kappa shape index (κ2) is 10.4. The highest BCUT2D eigenvalue weighted by molar-refractivity contribution is 6.30. The molecule has 0 fully saturated rings. The maximum Gasteiger partial charge on any atom is 0.251 e. The van der Waals surface area contributed by atoms with Crippen LogP contribution in [0.4, 0.5) is 0 Å². The predicted octanol–water partition coefficient (Wildman–Crippen LogP) is 3.18. The molecule has 0 radical (unpaired) electrons. The molecule has 0 saturated carbocycles. The van der Waals surface area contributed by atoms with E-state index in [4.69, 9.17) is 21.1 Å². The van der Waals surface area contributed by atoms with E-state index in [-0.39, 0.29) is 18.4 Å². The number of halogens is 1. The molecule has 2 N–H and O–H groups in total. The van der Waals surface area contributed by atoms with E-state index in [9.17, 15) is 9.59 Å². The number of hydrogen-bond donors (Lipinski definition) is 2. The number of nitrogens with one attached hydrogen (secondary N) is 2. The van der Waals surface area contributed by atoms with Crippen molar-refractivity contribution in [2.24, 2.45) is 0 Å². The van der Waals surface area contributed by atoms with Crippen LogP contribution >= 0.6 is 11.6 Å². The zero-order valence-corrected chi connectivity index (χ0v) is 16.1. The van der Waals surface area contributed by atoms with Crippen molar-refractivity contribution in [3.63, 3.8) is 0 Å². The molecule has 0 aliphatic carbocycles. The van der Waals surface area contributed by atoms with Gasteiger partial charge in [-0.15, -0.1) is 0 Å². The Bertz CT molecular complexity index is 778. The van der Waals surface area contributed by atoms with Crippen molar-refractivity contribution in [1.29, 1.82) is 0 Å². The van der Waals surface area contributed by atoms with Crippen molar-refractivity contribution in [1.82, 2.24) is 10.6 Å². The van der Waals surface area contributed by atoms with E-state index in [1.54, 1.807) is 30.3 Å². The third-order valence-corrected chi connectivity index (χ3v) is 3.97. The Balaban J connectivity index is 1.96. The lowest BCUT2D eigenvalue weighted by Gasteiger charge is -2.12. The average molecular weight is 391 g/mol. The number of carbonyl (C=O) groups is 2. The van der Waals surface area contributed by atoms with Crippen LogP contribution in [0.1, 0.15) is 29.3 Å². The van der Waals surface area contributed by atoms with Gasteiger partial charge in [0.25, 0.3) is 5.91 Å². The molecule has 2 aromatic rings. The Morgan fingerprint density at radius 3 is 2.44 bits per heavy atom. The smallest absolute Gasteiger partial charge is 0.251 e. The van der Waals surface area contributed by atoms with Crippen molar-refractivity contribution >= 4 is 23.4 Å². The molecular weight excluding hydrogens is 368 g/mol. The van der Waals surface area contributed by atoms with Crippen LogP contribution in [-0.4, -0.2) is 32.0 Å². The molecule has 0 unspecified atom stereocenters. The quantitative estimate of drug-likeness (QED) is 0.689. The van der Waals surface area contributed by atoms with Gasteiger partial charge in [-0.05, 0) is 42.3 Å². The van der Waals surface area contributed by atoms with Gasteiger partial charge in [0.1, 0.15) is 6.61 Å². The molecule has 0 aliphatic rings. The van der Waals surface area contributed by atoms with E-state index in [0.29, 0.717) is 35.2 Å². The standard InChI is InChI=1S/C20H23ClN2O4/c1-3-10-22-19(24)12-23-20(25)15-6-9-17(18(11-15)26-2)27-13-14-4-7-16(21)8-5-14/h4-9,11H,3,10,12-13H2,1-2H3,(H,22,24)(H,23,25). The van der Waals surface area contributed by atoms with Crippen LogP contribution in [0.2, 0.25) is 5.02 Å². The molecule has 2 aromatic carbocycles. The highest BCUT2D eigenvalue weighted by Gasteiger charge is 2.12. The summed E-state index contributed by atoms with van der Waals surface area (Å²) >= 11 is 5.87. The van der Waals surface area contributed by atoms with Crippen LogP contribution in [-0.2, 0) is 11.4 Å². The summed E-state index contributed by atoms with van der Waals surface area (Å²) in [6.07, 6.45) is 0.842. The van der Waals surface area contributed by atoms with Crippen molar-refractivity contribution in [2.45, 2.75) is 20.0 Å². The molecule has 2 amide bonds. The van der Waals surface area contributed by atoms with E-state index in [1.807, 2.05) is 19.1 Å². The largest absolute Gasteiger partial charge is 0.493 e. The third kappa shape index (κ3) is 6.49. The van der Waals surface area contributed by atoms with E-state index < -0.39 is 0 Å². The topological polar surface area (TPSA) is 76.7 Å². The summed E-state index contributed by atoms with van der Waals surface area (Å²) in [7, 11) is 1.50. The first-order chi connectivity index (χ1) is 13.0. The number of methoxy groups -OCH3 is 1. The minimum atomic E-state index is -0.357. The highest BCUT2D eigenvalue weighted by atomic mass is 35.5. The molecule has 2 rings (SSSR count). The van der Waals surface area contributed by atoms with Gasteiger partial charge in [0, 0.05) is 17.1 Å². The Morgan fingerprint density at radius 1 is 1.04 bits per heavy atom. The summed E-state index contributed by atoms with van der Waals surface area (Å²) in [6, 6.07) is 12.2. The van der Waals surface area contributed by atoms with Gasteiger partial charge in [-0.25, -0.2) is 0 Å². The summed E-state index contributed by atoms with van der Waals surface area (Å²) in [4.78, 5) is 23.8. The van der Waals surface area contributed by atoms with Gasteiger partial charge >= 0.3 is 0 Å². The molecule has 0 heterocycles. The Labute approximate surface area is 163 Å². The van der Waals surface area contributed by atoms with Gasteiger partial charge in [-0.1, -0.05) is 30.7 Å². The molecule has 7 heteroatoms. The Hall–Kier alpha value is -2.73. The number of hydrogen-bond acceptors (Lipinski definition) is 4. The maximum absolute atomic E-state index is 12.2. The van der Waals surface area contributed by atoms with Gasteiger partial charge in [0.15, 0.2) is 11.5 Å². The van der Waals surface area contributed by atoms with E-state index >= 15 is 0 Å². The monoisotopic (exact) mass is 390 g/mol. The molecule has 0 atom stereocenters. The van der Waals surface area contributed by atoms with Crippen molar-refractivity contribution in [3.05, 3.63) is 58.6 Å². The van der Waals surface area contributed by atoms with Gasteiger partial charge in [0.2, 0.25) is 5.91 Å². The summed E-state index contributed by atoms with van der Waals surface area (Å²) < 4.78 is 11.1. The molecule has 0 aliphatic heterocycles. The van der Waals surface area contributed by atoms with E-state index in [0.717, 1.165) is 12.0 Å². The molecule has 0 saturated heterocycles. The van der Waals surface area contributed by atoms with Crippen LogP contribution in [0.3, 0.4) is 0 Å². The van der Waals surface area contributed by atoms with E-state index in [1.165, 1.54) is 7.11 Å². The molecule has 27 heavy (non-hydrogen) atoms. The van der Waals surface area contributed by atoms with Gasteiger partial charge in [-0.3, -0.25) is 9.59 Å². The number of benzene rings is 2. The first-order valence-electron chi connectivity index (χ1n) is 8.63. The minimum absolute atomic E-state index is 0.0734. The van der Waals surface area contributed by atoms with Gasteiger partial charge in [-0.2, -0.15) is 0 Å². The number of amides is 2. The lowest BCUT2D eigenvalue weighted by atomic mass is 10.2. The SMILES string of the molecule is CCCNC(=O)CNC(=O)c1ccc(OCc2ccc(Cl)cc2)c(OC)c1. The first-order valence-corrected chi connectivity index (χ1v) is 9.01. The molecular formula is C20H23ClN2O4. The van der Waals surface area contributed by atoms with Crippen molar-refractivity contribution in [2.75, 3.05) is 20.2 Å². The van der Waals surface area contributed by atoms with Crippen LogP contribution in [0, 0.1) is 0 Å². The molecule has 0 bridgehead atoms. The predicted molar refractivity (Wildman–Crippen MR) is 104 cm³/mol. The van der Waals surface area contributed by atoms with E-state index in [2.05, 4.69) is 10.6 Å². The Morgan fingerprint density at radius 2 is 1.78 bits per heavy atom. The molecule has 6 nitrogen and oxygen atoms in total. The Kier molecular flexibility index (Phi) is 7.95. The van der Waals surface area contributed by atoms with Crippen LogP contribution < -0.4 is 20.1 Å². The van der Waals surface area contributed by atoms with Crippen LogP contribution in [0.5, 0.6) is 11.5 Å². The summed E-state index contributed by atoms with van der Waals surface area (Å²) in [5.74, 6) is 0.376.